The van der Waals surface area contributed by atoms with Gasteiger partial charge < -0.3 is 24.5 Å². The van der Waals surface area contributed by atoms with Crippen LogP contribution < -0.4 is 14.8 Å². The van der Waals surface area contributed by atoms with Crippen molar-refractivity contribution in [3.8, 4) is 11.5 Å². The molecule has 1 aliphatic heterocycles. The van der Waals surface area contributed by atoms with Crippen LogP contribution in [-0.2, 0) is 22.5 Å². The molecule has 2 heterocycles. The standard InChI is InChI=1S/C24H27N3O5/c1-14(27-10-9-15-11-19(30-2)20(31-3)12-16(15)13-27)23(28)26-21-17-7-5-6-8-18(17)25-22(21)24(29)32-4/h5-8,11-12,14,25H,9-10,13H2,1-4H3,(H,26,28). The van der Waals surface area contributed by atoms with Gasteiger partial charge in [-0.2, -0.15) is 0 Å². The molecule has 8 heteroatoms. The highest BCUT2D eigenvalue weighted by Crippen LogP contribution is 2.34. The summed E-state index contributed by atoms with van der Waals surface area (Å²) >= 11 is 0. The summed E-state index contributed by atoms with van der Waals surface area (Å²) in [5, 5.41) is 3.71. The highest BCUT2D eigenvalue weighted by Gasteiger charge is 2.28. The second-order valence-corrected chi connectivity index (χ2v) is 7.77. The van der Waals surface area contributed by atoms with Gasteiger partial charge in [0, 0.05) is 24.0 Å². The zero-order valence-corrected chi connectivity index (χ0v) is 18.7. The Kier molecular flexibility index (Phi) is 6.05. The molecule has 0 saturated heterocycles. The van der Waals surface area contributed by atoms with E-state index in [1.54, 1.807) is 14.2 Å². The molecule has 3 aromatic rings. The molecule has 0 radical (unpaired) electrons. The zero-order valence-electron chi connectivity index (χ0n) is 18.7. The Bertz CT molecular complexity index is 1170. The molecule has 0 bridgehead atoms. The van der Waals surface area contributed by atoms with E-state index in [0.29, 0.717) is 23.7 Å². The van der Waals surface area contributed by atoms with Gasteiger partial charge in [-0.1, -0.05) is 18.2 Å². The minimum Gasteiger partial charge on any atom is -0.493 e. The van der Waals surface area contributed by atoms with Crippen LogP contribution in [-0.4, -0.2) is 55.7 Å². The predicted molar refractivity (Wildman–Crippen MR) is 121 cm³/mol. The van der Waals surface area contributed by atoms with Crippen molar-refractivity contribution >= 4 is 28.5 Å². The van der Waals surface area contributed by atoms with Crippen LogP contribution in [0.1, 0.15) is 28.5 Å². The maximum atomic E-state index is 13.2. The van der Waals surface area contributed by atoms with E-state index in [0.717, 1.165) is 29.4 Å². The lowest BCUT2D eigenvalue weighted by Crippen LogP contribution is -2.44. The van der Waals surface area contributed by atoms with Crippen molar-refractivity contribution in [3.63, 3.8) is 0 Å². The molecule has 32 heavy (non-hydrogen) atoms. The molecule has 0 aliphatic carbocycles. The number of H-pyrrole nitrogens is 1. The Balaban J connectivity index is 1.56. The number of nitrogens with zero attached hydrogens (tertiary/aromatic N) is 1. The molecule has 0 fully saturated rings. The number of para-hydroxylation sites is 1. The number of aromatic nitrogens is 1. The van der Waals surface area contributed by atoms with E-state index < -0.39 is 12.0 Å². The smallest absolute Gasteiger partial charge is 0.356 e. The van der Waals surface area contributed by atoms with E-state index in [1.807, 2.05) is 43.3 Å². The molecule has 4 rings (SSSR count). The van der Waals surface area contributed by atoms with Gasteiger partial charge in [-0.05, 0) is 42.7 Å². The summed E-state index contributed by atoms with van der Waals surface area (Å²) in [5.41, 5.74) is 3.72. The third-order valence-corrected chi connectivity index (χ3v) is 6.02. The molecule has 2 aromatic carbocycles. The first kappa shape index (κ1) is 21.7. The van der Waals surface area contributed by atoms with Gasteiger partial charge in [-0.3, -0.25) is 9.69 Å². The van der Waals surface area contributed by atoms with Gasteiger partial charge in [0.2, 0.25) is 5.91 Å². The number of aromatic amines is 1. The topological polar surface area (TPSA) is 92.9 Å². The molecule has 168 valence electrons. The Morgan fingerprint density at radius 2 is 1.75 bits per heavy atom. The molecule has 1 aliphatic rings. The van der Waals surface area contributed by atoms with Crippen molar-refractivity contribution in [2.75, 3.05) is 33.2 Å². The van der Waals surface area contributed by atoms with E-state index in [9.17, 15) is 9.59 Å². The van der Waals surface area contributed by atoms with Gasteiger partial charge in [0.25, 0.3) is 0 Å². The molecular formula is C24H27N3O5. The number of nitrogens with one attached hydrogen (secondary N) is 2. The van der Waals surface area contributed by atoms with E-state index in [1.165, 1.54) is 12.7 Å². The summed E-state index contributed by atoms with van der Waals surface area (Å²) in [4.78, 5) is 30.6. The molecule has 0 spiro atoms. The second-order valence-electron chi connectivity index (χ2n) is 7.77. The molecule has 0 saturated carbocycles. The number of ether oxygens (including phenoxy) is 3. The van der Waals surface area contributed by atoms with E-state index >= 15 is 0 Å². The Labute approximate surface area is 186 Å². The number of hydrogen-bond donors (Lipinski definition) is 2. The van der Waals surface area contributed by atoms with Crippen LogP contribution in [0.15, 0.2) is 36.4 Å². The fourth-order valence-electron chi connectivity index (χ4n) is 4.16. The highest BCUT2D eigenvalue weighted by molar-refractivity contribution is 6.11. The fraction of sp³-hybridized carbons (Fsp3) is 0.333. The second kappa shape index (κ2) is 8.92. The summed E-state index contributed by atoms with van der Waals surface area (Å²) in [6.07, 6.45) is 0.799. The van der Waals surface area contributed by atoms with E-state index in [4.69, 9.17) is 14.2 Å². The minimum absolute atomic E-state index is 0.191. The normalized spacial score (nSPS) is 14.5. The largest absolute Gasteiger partial charge is 0.493 e. The van der Waals surface area contributed by atoms with Crippen LogP contribution >= 0.6 is 0 Å². The van der Waals surface area contributed by atoms with Crippen molar-refractivity contribution in [3.05, 3.63) is 53.2 Å². The van der Waals surface area contributed by atoms with Crippen molar-refractivity contribution in [1.82, 2.24) is 9.88 Å². The SMILES string of the molecule is COC(=O)c1[nH]c2ccccc2c1NC(=O)C(C)N1CCc2cc(OC)c(OC)cc2C1. The van der Waals surface area contributed by atoms with Crippen LogP contribution in [0.4, 0.5) is 5.69 Å². The number of methoxy groups -OCH3 is 3. The maximum Gasteiger partial charge on any atom is 0.356 e. The molecule has 2 N–H and O–H groups in total. The lowest BCUT2D eigenvalue weighted by molar-refractivity contribution is -0.121. The molecule has 1 aromatic heterocycles. The lowest BCUT2D eigenvalue weighted by Gasteiger charge is -2.33. The summed E-state index contributed by atoms with van der Waals surface area (Å²) in [7, 11) is 4.55. The van der Waals surface area contributed by atoms with Crippen LogP contribution in [0.25, 0.3) is 10.9 Å². The zero-order chi connectivity index (χ0) is 22.8. The number of esters is 1. The molecule has 1 amide bonds. The Morgan fingerprint density at radius 1 is 1.06 bits per heavy atom. The van der Waals surface area contributed by atoms with Crippen LogP contribution in [0, 0.1) is 0 Å². The fourth-order valence-corrected chi connectivity index (χ4v) is 4.16. The number of carbonyl (C=O) groups excluding carboxylic acids is 2. The average molecular weight is 437 g/mol. The van der Waals surface area contributed by atoms with Crippen molar-refractivity contribution in [2.24, 2.45) is 0 Å². The first-order chi connectivity index (χ1) is 15.5. The minimum atomic E-state index is -0.530. The van der Waals surface area contributed by atoms with Gasteiger partial charge in [0.1, 0.15) is 5.69 Å². The average Bonchev–Trinajstić information content (AvgIpc) is 3.19. The molecule has 8 nitrogen and oxygen atoms in total. The monoisotopic (exact) mass is 437 g/mol. The number of anilines is 1. The molecular weight excluding hydrogens is 410 g/mol. The van der Waals surface area contributed by atoms with Crippen molar-refractivity contribution < 1.29 is 23.8 Å². The lowest BCUT2D eigenvalue weighted by atomic mass is 9.97. The summed E-state index contributed by atoms with van der Waals surface area (Å²) in [6, 6.07) is 11.0. The van der Waals surface area contributed by atoms with Gasteiger partial charge in [0.15, 0.2) is 11.5 Å². The summed E-state index contributed by atoms with van der Waals surface area (Å²) in [6.45, 7) is 3.21. The van der Waals surface area contributed by atoms with Crippen LogP contribution in [0.3, 0.4) is 0 Å². The van der Waals surface area contributed by atoms with Crippen molar-refractivity contribution in [1.29, 1.82) is 0 Å². The summed E-state index contributed by atoms with van der Waals surface area (Å²) < 4.78 is 15.7. The van der Waals surface area contributed by atoms with Gasteiger partial charge >= 0.3 is 5.97 Å². The Hall–Kier alpha value is -3.52. The Morgan fingerprint density at radius 3 is 2.44 bits per heavy atom. The van der Waals surface area contributed by atoms with Crippen LogP contribution in [0.5, 0.6) is 11.5 Å². The summed E-state index contributed by atoms with van der Waals surface area (Å²) in [5.74, 6) is 0.660. The first-order valence-corrected chi connectivity index (χ1v) is 10.4. The molecule has 1 atom stereocenters. The number of fused-ring (bicyclic) bond motifs is 2. The first-order valence-electron chi connectivity index (χ1n) is 10.4. The number of carbonyl (C=O) groups is 2. The number of amides is 1. The quantitative estimate of drug-likeness (QED) is 0.575. The van der Waals surface area contributed by atoms with Gasteiger partial charge in [-0.25, -0.2) is 4.79 Å². The van der Waals surface area contributed by atoms with Crippen molar-refractivity contribution in [2.45, 2.75) is 25.9 Å². The van der Waals surface area contributed by atoms with E-state index in [-0.39, 0.29) is 11.6 Å². The third kappa shape index (κ3) is 3.89. The highest BCUT2D eigenvalue weighted by atomic mass is 16.5. The number of benzene rings is 2. The third-order valence-electron chi connectivity index (χ3n) is 6.02. The van der Waals surface area contributed by atoms with Crippen LogP contribution in [0.2, 0.25) is 0 Å². The van der Waals surface area contributed by atoms with Gasteiger partial charge in [-0.15, -0.1) is 0 Å². The van der Waals surface area contributed by atoms with E-state index in [2.05, 4.69) is 15.2 Å². The predicted octanol–water partition coefficient (Wildman–Crippen LogP) is 3.36. The maximum absolute atomic E-state index is 13.2. The molecule has 1 unspecified atom stereocenters. The number of hydrogen-bond acceptors (Lipinski definition) is 6. The number of rotatable bonds is 6. The van der Waals surface area contributed by atoms with Gasteiger partial charge in [0.05, 0.1) is 33.1 Å².